The number of halogens is 1. The van der Waals surface area contributed by atoms with Gasteiger partial charge in [0.05, 0.1) is 5.56 Å². The van der Waals surface area contributed by atoms with Crippen LogP contribution < -0.4 is 0 Å². The average Bonchev–Trinajstić information content (AvgIpc) is 2.30. The molecule has 1 fully saturated rings. The van der Waals surface area contributed by atoms with Gasteiger partial charge in [-0.1, -0.05) is 13.8 Å². The molecule has 104 valence electrons. The van der Waals surface area contributed by atoms with Crippen LogP contribution in [0.3, 0.4) is 0 Å². The minimum atomic E-state index is -0.255. The zero-order valence-electron chi connectivity index (χ0n) is 11.2. The first-order chi connectivity index (χ1) is 8.95. The molecule has 0 amide bonds. The number of ether oxygens (including phenoxy) is 1. The van der Waals surface area contributed by atoms with Gasteiger partial charge in [-0.05, 0) is 65.2 Å². The molecule has 1 aromatic carbocycles. The normalized spacial score (nSPS) is 27.1. The highest BCUT2D eigenvalue weighted by atomic mass is 79.9. The van der Waals surface area contributed by atoms with E-state index in [1.165, 1.54) is 6.42 Å². The molecule has 0 N–H and O–H groups in total. The van der Waals surface area contributed by atoms with E-state index in [4.69, 9.17) is 4.74 Å². The van der Waals surface area contributed by atoms with Gasteiger partial charge in [0.1, 0.15) is 6.10 Å². The van der Waals surface area contributed by atoms with Gasteiger partial charge in [-0.15, -0.1) is 12.6 Å². The van der Waals surface area contributed by atoms with Crippen LogP contribution >= 0.6 is 28.6 Å². The molecule has 0 spiro atoms. The standard InChI is InChI=1S/C15H19BrO2S/c1-9-5-10(2)7-11(6-9)18-15(17)13-8-12(19)3-4-14(13)16/h3-4,8-11,19H,5-7H2,1-2H3. The molecule has 0 saturated heterocycles. The Morgan fingerprint density at radius 1 is 1.26 bits per heavy atom. The maximum atomic E-state index is 12.2. The van der Waals surface area contributed by atoms with E-state index < -0.39 is 0 Å². The molecule has 2 unspecified atom stereocenters. The van der Waals surface area contributed by atoms with Crippen molar-refractivity contribution in [3.05, 3.63) is 28.2 Å². The molecule has 1 aromatic rings. The first-order valence-electron chi connectivity index (χ1n) is 6.65. The summed E-state index contributed by atoms with van der Waals surface area (Å²) in [5.74, 6) is 0.997. The number of benzene rings is 1. The molecule has 1 saturated carbocycles. The lowest BCUT2D eigenvalue weighted by atomic mass is 9.82. The van der Waals surface area contributed by atoms with Crippen LogP contribution in [0.15, 0.2) is 27.6 Å². The van der Waals surface area contributed by atoms with E-state index in [0.29, 0.717) is 17.4 Å². The van der Waals surface area contributed by atoms with Gasteiger partial charge in [-0.3, -0.25) is 0 Å². The van der Waals surface area contributed by atoms with Crippen molar-refractivity contribution >= 4 is 34.5 Å². The summed E-state index contributed by atoms with van der Waals surface area (Å²) in [6.07, 6.45) is 3.20. The summed E-state index contributed by atoms with van der Waals surface area (Å²) in [6.45, 7) is 4.45. The zero-order valence-corrected chi connectivity index (χ0v) is 13.7. The van der Waals surface area contributed by atoms with Crippen molar-refractivity contribution in [3.8, 4) is 0 Å². The summed E-state index contributed by atoms with van der Waals surface area (Å²) in [6, 6.07) is 5.41. The molecule has 4 heteroatoms. The molecule has 2 nitrogen and oxygen atoms in total. The molecule has 1 aliphatic carbocycles. The van der Waals surface area contributed by atoms with Crippen LogP contribution in [0.25, 0.3) is 0 Å². The molecule has 2 rings (SSSR count). The van der Waals surface area contributed by atoms with Gasteiger partial charge >= 0.3 is 5.97 Å². The van der Waals surface area contributed by atoms with Crippen molar-refractivity contribution < 1.29 is 9.53 Å². The second-order valence-electron chi connectivity index (χ2n) is 5.61. The number of carbonyl (C=O) groups excluding carboxylic acids is 1. The van der Waals surface area contributed by atoms with Crippen LogP contribution in [0, 0.1) is 11.8 Å². The molecule has 0 radical (unpaired) electrons. The Bertz CT molecular complexity index is 465. The third-order valence-corrected chi connectivity index (χ3v) is 4.55. The summed E-state index contributed by atoms with van der Waals surface area (Å²) < 4.78 is 6.41. The molecule has 0 heterocycles. The Morgan fingerprint density at radius 2 is 1.89 bits per heavy atom. The number of thiol groups is 1. The summed E-state index contributed by atoms with van der Waals surface area (Å²) in [4.78, 5) is 13.0. The Kier molecular flexibility index (Phi) is 4.96. The largest absolute Gasteiger partial charge is 0.459 e. The molecule has 0 aliphatic heterocycles. The van der Waals surface area contributed by atoms with Crippen LogP contribution in [0.1, 0.15) is 43.5 Å². The van der Waals surface area contributed by atoms with Gasteiger partial charge in [0, 0.05) is 9.37 Å². The number of rotatable bonds is 2. The van der Waals surface area contributed by atoms with E-state index >= 15 is 0 Å². The smallest absolute Gasteiger partial charge is 0.339 e. The van der Waals surface area contributed by atoms with Crippen LogP contribution in [-0.2, 0) is 4.74 Å². The topological polar surface area (TPSA) is 26.3 Å². The lowest BCUT2D eigenvalue weighted by Gasteiger charge is -2.31. The molecule has 1 aliphatic rings. The number of esters is 1. The summed E-state index contributed by atoms with van der Waals surface area (Å²) >= 11 is 7.65. The highest BCUT2D eigenvalue weighted by Crippen LogP contribution is 2.31. The Labute approximate surface area is 128 Å². The molecular weight excluding hydrogens is 324 g/mol. The van der Waals surface area contributed by atoms with Crippen molar-refractivity contribution in [1.82, 2.24) is 0 Å². The third kappa shape index (κ3) is 3.99. The highest BCUT2D eigenvalue weighted by molar-refractivity contribution is 9.10. The Hall–Kier alpha value is -0.480. The van der Waals surface area contributed by atoms with Gasteiger partial charge in [0.15, 0.2) is 0 Å². The minimum Gasteiger partial charge on any atom is -0.459 e. The zero-order chi connectivity index (χ0) is 14.0. The predicted octanol–water partition coefficient (Wildman–Crippen LogP) is 4.72. The lowest BCUT2D eigenvalue weighted by molar-refractivity contribution is 0.00794. The van der Waals surface area contributed by atoms with Crippen molar-refractivity contribution in [2.45, 2.75) is 44.1 Å². The van der Waals surface area contributed by atoms with Crippen molar-refractivity contribution in [2.75, 3.05) is 0 Å². The van der Waals surface area contributed by atoms with E-state index in [1.54, 1.807) is 6.07 Å². The second kappa shape index (κ2) is 6.31. The van der Waals surface area contributed by atoms with Gasteiger partial charge in [0.25, 0.3) is 0 Å². The molecule has 19 heavy (non-hydrogen) atoms. The minimum absolute atomic E-state index is 0.0433. The molecule has 0 aromatic heterocycles. The van der Waals surface area contributed by atoms with Crippen molar-refractivity contribution in [1.29, 1.82) is 0 Å². The average molecular weight is 343 g/mol. The lowest BCUT2D eigenvalue weighted by Crippen LogP contribution is -2.28. The first-order valence-corrected chi connectivity index (χ1v) is 7.89. The van der Waals surface area contributed by atoms with Gasteiger partial charge in [0.2, 0.25) is 0 Å². The SMILES string of the molecule is CC1CC(C)CC(OC(=O)c2cc(S)ccc2Br)C1. The van der Waals surface area contributed by atoms with Crippen LogP contribution in [-0.4, -0.2) is 12.1 Å². The molecule has 0 bridgehead atoms. The summed E-state index contributed by atoms with van der Waals surface area (Å²) in [7, 11) is 0. The van der Waals surface area contributed by atoms with Gasteiger partial charge in [-0.25, -0.2) is 4.79 Å². The fourth-order valence-electron chi connectivity index (χ4n) is 2.85. The Balaban J connectivity index is 2.06. The van der Waals surface area contributed by atoms with Crippen LogP contribution in [0.4, 0.5) is 0 Å². The predicted molar refractivity (Wildman–Crippen MR) is 82.8 cm³/mol. The van der Waals surface area contributed by atoms with Crippen LogP contribution in [0.5, 0.6) is 0 Å². The van der Waals surface area contributed by atoms with Crippen LogP contribution in [0.2, 0.25) is 0 Å². The first kappa shape index (κ1) is 14.9. The summed E-state index contributed by atoms with van der Waals surface area (Å²) in [5.41, 5.74) is 0.554. The maximum absolute atomic E-state index is 12.2. The van der Waals surface area contributed by atoms with E-state index in [2.05, 4.69) is 42.4 Å². The van der Waals surface area contributed by atoms with Crippen molar-refractivity contribution in [3.63, 3.8) is 0 Å². The van der Waals surface area contributed by atoms with Gasteiger partial charge < -0.3 is 4.74 Å². The molecular formula is C15H19BrO2S. The number of hydrogen-bond donors (Lipinski definition) is 1. The summed E-state index contributed by atoms with van der Waals surface area (Å²) in [5, 5.41) is 0. The fourth-order valence-corrected chi connectivity index (χ4v) is 3.47. The van der Waals surface area contributed by atoms with E-state index in [0.717, 1.165) is 22.2 Å². The highest BCUT2D eigenvalue weighted by Gasteiger charge is 2.27. The molecule has 2 atom stereocenters. The quantitative estimate of drug-likeness (QED) is 0.621. The third-order valence-electron chi connectivity index (χ3n) is 3.58. The van der Waals surface area contributed by atoms with E-state index in [-0.39, 0.29) is 12.1 Å². The van der Waals surface area contributed by atoms with E-state index in [1.807, 2.05) is 12.1 Å². The van der Waals surface area contributed by atoms with E-state index in [9.17, 15) is 4.79 Å². The number of hydrogen-bond acceptors (Lipinski definition) is 3. The fraction of sp³-hybridized carbons (Fsp3) is 0.533. The van der Waals surface area contributed by atoms with Crippen molar-refractivity contribution in [2.24, 2.45) is 11.8 Å². The maximum Gasteiger partial charge on any atom is 0.339 e. The number of carbonyl (C=O) groups is 1. The second-order valence-corrected chi connectivity index (χ2v) is 6.98. The monoisotopic (exact) mass is 342 g/mol. The Morgan fingerprint density at radius 3 is 2.53 bits per heavy atom. The van der Waals surface area contributed by atoms with Gasteiger partial charge in [-0.2, -0.15) is 0 Å².